The van der Waals surface area contributed by atoms with Crippen LogP contribution in [0.4, 0.5) is 0 Å². The summed E-state index contributed by atoms with van der Waals surface area (Å²) in [4.78, 5) is 13.0. The number of ketones is 1. The molecule has 4 unspecified atom stereocenters. The zero-order valence-corrected chi connectivity index (χ0v) is 13.2. The normalized spacial score (nSPS) is 29.0. The van der Waals surface area contributed by atoms with Crippen LogP contribution in [0.1, 0.15) is 31.1 Å². The molecule has 2 aromatic rings. The molecular weight excluding hydrogens is 284 g/mol. The van der Waals surface area contributed by atoms with Crippen LogP contribution in [-0.2, 0) is 4.74 Å². The summed E-state index contributed by atoms with van der Waals surface area (Å²) in [6.07, 6.45) is 0.0736. The topological polar surface area (TPSA) is 26.3 Å². The Morgan fingerprint density at radius 1 is 1.00 bits per heavy atom. The largest absolute Gasteiger partial charge is 0.374 e. The van der Waals surface area contributed by atoms with Gasteiger partial charge in [0, 0.05) is 16.0 Å². The van der Waals surface area contributed by atoms with Crippen molar-refractivity contribution in [1.29, 1.82) is 0 Å². The van der Waals surface area contributed by atoms with E-state index < -0.39 is 0 Å². The summed E-state index contributed by atoms with van der Waals surface area (Å²) in [5, 5.41) is 2.53. The smallest absolute Gasteiger partial charge is 0.169 e. The minimum absolute atomic E-state index is 0.0445. The molecule has 1 fully saturated rings. The SMILES string of the molecule is CC1OC(C)C(C(=O)c2ccc(Cl)c3ccccc23)C1C. The number of halogens is 1. The second kappa shape index (κ2) is 5.43. The number of Topliss-reactive ketones (excluding diaryl/α,β-unsaturated/α-hetero) is 1. The van der Waals surface area contributed by atoms with Crippen molar-refractivity contribution in [3.63, 3.8) is 0 Å². The molecule has 0 radical (unpaired) electrons. The Hall–Kier alpha value is -1.38. The summed E-state index contributed by atoms with van der Waals surface area (Å²) in [6, 6.07) is 11.4. The van der Waals surface area contributed by atoms with Gasteiger partial charge >= 0.3 is 0 Å². The van der Waals surface area contributed by atoms with E-state index in [0.29, 0.717) is 5.02 Å². The molecule has 1 saturated heterocycles. The fraction of sp³-hybridized carbons (Fsp3) is 0.389. The minimum Gasteiger partial charge on any atom is -0.374 e. The summed E-state index contributed by atoms with van der Waals surface area (Å²) in [7, 11) is 0. The molecule has 3 rings (SSSR count). The van der Waals surface area contributed by atoms with Crippen molar-refractivity contribution in [2.75, 3.05) is 0 Å². The lowest BCUT2D eigenvalue weighted by Crippen LogP contribution is -2.27. The summed E-state index contributed by atoms with van der Waals surface area (Å²) in [5.41, 5.74) is 0.747. The molecule has 0 saturated carbocycles. The van der Waals surface area contributed by atoms with E-state index in [9.17, 15) is 4.79 Å². The van der Waals surface area contributed by atoms with E-state index in [1.807, 2.05) is 50.2 Å². The molecule has 0 N–H and O–H groups in total. The van der Waals surface area contributed by atoms with Crippen LogP contribution in [0, 0.1) is 11.8 Å². The van der Waals surface area contributed by atoms with E-state index in [4.69, 9.17) is 16.3 Å². The molecule has 1 heterocycles. The molecule has 21 heavy (non-hydrogen) atoms. The summed E-state index contributed by atoms with van der Waals surface area (Å²) in [5.74, 6) is 0.290. The Bertz CT molecular complexity index is 695. The highest BCUT2D eigenvalue weighted by Gasteiger charge is 2.42. The van der Waals surface area contributed by atoms with E-state index in [1.165, 1.54) is 0 Å². The molecule has 110 valence electrons. The number of benzene rings is 2. The summed E-state index contributed by atoms with van der Waals surface area (Å²) >= 11 is 6.24. The number of rotatable bonds is 2. The van der Waals surface area contributed by atoms with Gasteiger partial charge in [-0.05, 0) is 37.3 Å². The monoisotopic (exact) mass is 302 g/mol. The predicted molar refractivity (Wildman–Crippen MR) is 86.0 cm³/mol. The number of hydrogen-bond acceptors (Lipinski definition) is 2. The first kappa shape index (κ1) is 14.6. The minimum atomic E-state index is -0.0930. The quantitative estimate of drug-likeness (QED) is 0.749. The van der Waals surface area contributed by atoms with Gasteiger partial charge < -0.3 is 4.74 Å². The van der Waals surface area contributed by atoms with Crippen LogP contribution in [0.15, 0.2) is 36.4 Å². The van der Waals surface area contributed by atoms with Gasteiger partial charge in [0.25, 0.3) is 0 Å². The fourth-order valence-electron chi connectivity index (χ4n) is 3.38. The van der Waals surface area contributed by atoms with Crippen LogP contribution in [0.3, 0.4) is 0 Å². The van der Waals surface area contributed by atoms with Crippen LogP contribution < -0.4 is 0 Å². The predicted octanol–water partition coefficient (Wildman–Crippen LogP) is 4.74. The Labute approximate surface area is 130 Å². The third kappa shape index (κ3) is 2.37. The second-order valence-corrected chi connectivity index (χ2v) is 6.34. The molecule has 0 aliphatic carbocycles. The van der Waals surface area contributed by atoms with Gasteiger partial charge in [-0.15, -0.1) is 0 Å². The Morgan fingerprint density at radius 3 is 2.29 bits per heavy atom. The maximum Gasteiger partial charge on any atom is 0.169 e. The van der Waals surface area contributed by atoms with Gasteiger partial charge in [0.1, 0.15) is 0 Å². The standard InChI is InChI=1S/C18H19ClO2/c1-10-11(2)21-12(3)17(10)18(20)15-8-9-16(19)14-7-5-4-6-13(14)15/h4-12,17H,1-3H3. The fourth-order valence-corrected chi connectivity index (χ4v) is 3.60. The lowest BCUT2D eigenvalue weighted by atomic mass is 9.82. The highest BCUT2D eigenvalue weighted by atomic mass is 35.5. The highest BCUT2D eigenvalue weighted by molar-refractivity contribution is 6.36. The molecule has 0 aromatic heterocycles. The maximum absolute atomic E-state index is 13.0. The van der Waals surface area contributed by atoms with Crippen molar-refractivity contribution in [3.05, 3.63) is 47.0 Å². The first-order chi connectivity index (χ1) is 10.0. The summed E-state index contributed by atoms with van der Waals surface area (Å²) < 4.78 is 5.82. The molecule has 3 heteroatoms. The molecule has 0 spiro atoms. The highest BCUT2D eigenvalue weighted by Crippen LogP contribution is 2.36. The summed E-state index contributed by atoms with van der Waals surface area (Å²) in [6.45, 7) is 6.12. The van der Waals surface area contributed by atoms with Gasteiger partial charge in [0.15, 0.2) is 5.78 Å². The number of fused-ring (bicyclic) bond motifs is 1. The molecule has 1 aliphatic rings. The Kier molecular flexibility index (Phi) is 3.76. The molecule has 0 amide bonds. The molecule has 0 bridgehead atoms. The van der Waals surface area contributed by atoms with Crippen molar-refractivity contribution < 1.29 is 9.53 Å². The van der Waals surface area contributed by atoms with Crippen LogP contribution in [0.25, 0.3) is 10.8 Å². The lowest BCUT2D eigenvalue weighted by Gasteiger charge is -2.18. The average molecular weight is 303 g/mol. The van der Waals surface area contributed by atoms with Crippen LogP contribution in [0.5, 0.6) is 0 Å². The molecule has 4 atom stereocenters. The van der Waals surface area contributed by atoms with E-state index >= 15 is 0 Å². The van der Waals surface area contributed by atoms with Gasteiger partial charge in [-0.2, -0.15) is 0 Å². The number of carbonyl (C=O) groups is 1. The Morgan fingerprint density at radius 2 is 1.67 bits per heavy atom. The third-order valence-electron chi connectivity index (χ3n) is 4.68. The van der Waals surface area contributed by atoms with E-state index in [0.717, 1.165) is 16.3 Å². The van der Waals surface area contributed by atoms with Gasteiger partial charge in [-0.3, -0.25) is 4.79 Å². The van der Waals surface area contributed by atoms with Crippen LogP contribution >= 0.6 is 11.6 Å². The van der Waals surface area contributed by atoms with Crippen molar-refractivity contribution >= 4 is 28.2 Å². The third-order valence-corrected chi connectivity index (χ3v) is 5.01. The molecular formula is C18H19ClO2. The average Bonchev–Trinajstić information content (AvgIpc) is 2.72. The maximum atomic E-state index is 13.0. The van der Waals surface area contributed by atoms with Crippen LogP contribution in [-0.4, -0.2) is 18.0 Å². The zero-order chi connectivity index (χ0) is 15.1. The lowest BCUT2D eigenvalue weighted by molar-refractivity contribution is 0.0491. The molecule has 2 nitrogen and oxygen atoms in total. The van der Waals surface area contributed by atoms with E-state index in [2.05, 4.69) is 6.92 Å². The van der Waals surface area contributed by atoms with Crippen molar-refractivity contribution in [2.24, 2.45) is 11.8 Å². The first-order valence-corrected chi connectivity index (χ1v) is 7.75. The molecule has 2 aromatic carbocycles. The van der Waals surface area contributed by atoms with Gasteiger partial charge in [0.05, 0.1) is 18.1 Å². The first-order valence-electron chi connectivity index (χ1n) is 7.37. The van der Waals surface area contributed by atoms with Crippen LogP contribution in [0.2, 0.25) is 5.02 Å². The van der Waals surface area contributed by atoms with E-state index in [1.54, 1.807) is 0 Å². The van der Waals surface area contributed by atoms with Crippen molar-refractivity contribution in [1.82, 2.24) is 0 Å². The molecule has 1 aliphatic heterocycles. The van der Waals surface area contributed by atoms with Crippen molar-refractivity contribution in [3.8, 4) is 0 Å². The van der Waals surface area contributed by atoms with Gasteiger partial charge in [-0.1, -0.05) is 42.8 Å². The van der Waals surface area contributed by atoms with Gasteiger partial charge in [-0.25, -0.2) is 0 Å². The zero-order valence-electron chi connectivity index (χ0n) is 12.5. The van der Waals surface area contributed by atoms with Crippen molar-refractivity contribution in [2.45, 2.75) is 33.0 Å². The van der Waals surface area contributed by atoms with E-state index in [-0.39, 0.29) is 29.8 Å². The number of hydrogen-bond donors (Lipinski definition) is 0. The second-order valence-electron chi connectivity index (χ2n) is 5.94. The van der Waals surface area contributed by atoms with Gasteiger partial charge in [0.2, 0.25) is 0 Å². The Balaban J connectivity index is 2.09. The number of ether oxygens (including phenoxy) is 1. The number of carbonyl (C=O) groups excluding carboxylic acids is 1.